The Kier molecular flexibility index (Phi) is 7.72. The fraction of sp³-hybridized carbons (Fsp3) is 0.400. The molecule has 5 N–H and O–H groups in total. The fourth-order valence-electron chi connectivity index (χ4n) is 1.53. The molecule has 23 heavy (non-hydrogen) atoms. The minimum atomic E-state index is -1.11. The molecule has 0 saturated carbocycles. The lowest BCUT2D eigenvalue weighted by Gasteiger charge is -2.14. The van der Waals surface area contributed by atoms with Gasteiger partial charge in [0, 0.05) is 0 Å². The second-order valence-corrected chi connectivity index (χ2v) is 4.91. The summed E-state index contributed by atoms with van der Waals surface area (Å²) >= 11 is 0. The number of esters is 1. The Balaban J connectivity index is 2.20. The van der Waals surface area contributed by atoms with Crippen LogP contribution < -0.4 is 16.4 Å². The van der Waals surface area contributed by atoms with Crippen LogP contribution in [0.25, 0.3) is 0 Å². The Labute approximate surface area is 134 Å². The Bertz CT molecular complexity index is 533. The van der Waals surface area contributed by atoms with Crippen molar-refractivity contribution in [1.82, 2.24) is 10.6 Å². The van der Waals surface area contributed by atoms with E-state index < -0.39 is 29.9 Å². The summed E-state index contributed by atoms with van der Waals surface area (Å²) in [7, 11) is 0. The topological polar surface area (TPSA) is 131 Å². The zero-order valence-electron chi connectivity index (χ0n) is 12.8. The third kappa shape index (κ3) is 7.39. The van der Waals surface area contributed by atoms with E-state index in [-0.39, 0.29) is 19.7 Å². The van der Waals surface area contributed by atoms with E-state index in [1.165, 1.54) is 6.92 Å². The van der Waals surface area contributed by atoms with Crippen molar-refractivity contribution in [2.45, 2.75) is 25.7 Å². The molecular formula is C15H21N3O5. The van der Waals surface area contributed by atoms with Crippen LogP contribution in [-0.4, -0.2) is 48.1 Å². The first-order chi connectivity index (χ1) is 10.9. The van der Waals surface area contributed by atoms with Gasteiger partial charge in [0.2, 0.25) is 11.8 Å². The molecule has 1 rings (SSSR count). The molecule has 0 spiro atoms. The minimum absolute atomic E-state index is 0.121. The van der Waals surface area contributed by atoms with Crippen molar-refractivity contribution in [1.29, 1.82) is 0 Å². The van der Waals surface area contributed by atoms with Crippen LogP contribution in [0.1, 0.15) is 12.5 Å². The molecule has 0 unspecified atom stereocenters. The normalized spacial score (nSPS) is 12.8. The second kappa shape index (κ2) is 9.54. The number of benzene rings is 1. The summed E-state index contributed by atoms with van der Waals surface area (Å²) in [6.45, 7) is 0.845. The van der Waals surface area contributed by atoms with E-state index in [1.54, 1.807) is 0 Å². The molecule has 8 heteroatoms. The highest BCUT2D eigenvalue weighted by Gasteiger charge is 2.19. The van der Waals surface area contributed by atoms with Crippen LogP contribution in [0.3, 0.4) is 0 Å². The molecule has 0 aromatic heterocycles. The Morgan fingerprint density at radius 3 is 2.43 bits per heavy atom. The number of carbonyl (C=O) groups excluding carboxylic acids is 3. The smallest absolute Gasteiger partial charge is 0.325 e. The molecule has 126 valence electrons. The molecule has 0 aliphatic rings. The van der Waals surface area contributed by atoms with Gasteiger partial charge in [-0.3, -0.25) is 14.4 Å². The summed E-state index contributed by atoms with van der Waals surface area (Å²) in [5, 5.41) is 13.7. The molecule has 0 aliphatic heterocycles. The molecule has 1 aromatic carbocycles. The summed E-state index contributed by atoms with van der Waals surface area (Å²) in [5.74, 6) is -1.80. The maximum atomic E-state index is 11.5. The molecule has 2 amide bonds. The van der Waals surface area contributed by atoms with Gasteiger partial charge in [-0.2, -0.15) is 0 Å². The third-order valence-corrected chi connectivity index (χ3v) is 2.92. The number of carbonyl (C=O) groups is 3. The number of aliphatic hydroxyl groups is 1. The van der Waals surface area contributed by atoms with E-state index in [0.29, 0.717) is 0 Å². The number of hydrogen-bond acceptors (Lipinski definition) is 6. The largest absolute Gasteiger partial charge is 0.460 e. The van der Waals surface area contributed by atoms with Crippen LogP contribution >= 0.6 is 0 Å². The second-order valence-electron chi connectivity index (χ2n) is 4.91. The maximum Gasteiger partial charge on any atom is 0.325 e. The molecular weight excluding hydrogens is 302 g/mol. The van der Waals surface area contributed by atoms with Gasteiger partial charge >= 0.3 is 5.97 Å². The van der Waals surface area contributed by atoms with Gasteiger partial charge in [0.05, 0.1) is 12.6 Å². The fourth-order valence-corrected chi connectivity index (χ4v) is 1.53. The Morgan fingerprint density at radius 2 is 1.83 bits per heavy atom. The molecule has 2 atom stereocenters. The first-order valence-corrected chi connectivity index (χ1v) is 7.07. The van der Waals surface area contributed by atoms with E-state index in [1.807, 2.05) is 30.3 Å². The van der Waals surface area contributed by atoms with Crippen LogP contribution in [0, 0.1) is 0 Å². The molecule has 0 radical (unpaired) electrons. The van der Waals surface area contributed by atoms with Crippen molar-refractivity contribution in [2.75, 3.05) is 13.1 Å². The number of hydrogen-bond donors (Lipinski definition) is 4. The minimum Gasteiger partial charge on any atom is -0.460 e. The highest BCUT2D eigenvalue weighted by Crippen LogP contribution is 2.00. The first-order valence-electron chi connectivity index (χ1n) is 7.07. The zero-order valence-corrected chi connectivity index (χ0v) is 12.8. The monoisotopic (exact) mass is 323 g/mol. The van der Waals surface area contributed by atoms with Gasteiger partial charge < -0.3 is 26.2 Å². The first kappa shape index (κ1) is 18.6. The van der Waals surface area contributed by atoms with Crippen LogP contribution in [-0.2, 0) is 25.7 Å². The summed E-state index contributed by atoms with van der Waals surface area (Å²) < 4.78 is 4.98. The van der Waals surface area contributed by atoms with Crippen molar-refractivity contribution < 1.29 is 24.2 Å². The number of rotatable bonds is 8. The molecule has 8 nitrogen and oxygen atoms in total. The van der Waals surface area contributed by atoms with Crippen LogP contribution in [0.2, 0.25) is 0 Å². The summed E-state index contributed by atoms with van der Waals surface area (Å²) in [5.41, 5.74) is 6.23. The van der Waals surface area contributed by atoms with E-state index in [9.17, 15) is 14.4 Å². The van der Waals surface area contributed by atoms with Gasteiger partial charge in [0.1, 0.15) is 19.2 Å². The van der Waals surface area contributed by atoms with Gasteiger partial charge in [0.15, 0.2) is 0 Å². The zero-order chi connectivity index (χ0) is 17.2. The van der Waals surface area contributed by atoms with Crippen molar-refractivity contribution in [3.05, 3.63) is 35.9 Å². The number of nitrogens with one attached hydrogen (secondary N) is 2. The van der Waals surface area contributed by atoms with Gasteiger partial charge in [-0.15, -0.1) is 0 Å². The van der Waals surface area contributed by atoms with Crippen molar-refractivity contribution in [3.63, 3.8) is 0 Å². The molecule has 0 aliphatic carbocycles. The van der Waals surface area contributed by atoms with Gasteiger partial charge in [-0.1, -0.05) is 30.3 Å². The quantitative estimate of drug-likeness (QED) is 0.439. The highest BCUT2D eigenvalue weighted by atomic mass is 16.5. The summed E-state index contributed by atoms with van der Waals surface area (Å²) in [4.78, 5) is 34.4. The van der Waals surface area contributed by atoms with Gasteiger partial charge in [-0.25, -0.2) is 0 Å². The average molecular weight is 323 g/mol. The lowest BCUT2D eigenvalue weighted by atomic mass is 10.2. The van der Waals surface area contributed by atoms with Crippen molar-refractivity contribution in [2.24, 2.45) is 5.73 Å². The Morgan fingerprint density at radius 1 is 1.17 bits per heavy atom. The number of ether oxygens (including phenoxy) is 1. The molecule has 1 aromatic rings. The molecule has 0 bridgehead atoms. The summed E-state index contributed by atoms with van der Waals surface area (Å²) in [6.07, 6.45) is -1.02. The lowest BCUT2D eigenvalue weighted by Crippen LogP contribution is -2.49. The molecule has 0 saturated heterocycles. The van der Waals surface area contributed by atoms with Gasteiger partial charge in [-0.05, 0) is 12.5 Å². The van der Waals surface area contributed by atoms with E-state index in [0.717, 1.165) is 5.56 Å². The van der Waals surface area contributed by atoms with Crippen LogP contribution in [0.15, 0.2) is 30.3 Å². The standard InChI is InChI=1S/C15H21N3O5/c1-10(19)14(16)15(22)18-7-12(20)17-8-13(21)23-9-11-5-3-2-4-6-11/h2-6,10,14,19H,7-9,16H2,1H3,(H,17,20)(H,18,22)/t10-,14+/m1/s1. The van der Waals surface area contributed by atoms with Crippen LogP contribution in [0.4, 0.5) is 0 Å². The van der Waals surface area contributed by atoms with E-state index >= 15 is 0 Å². The predicted molar refractivity (Wildman–Crippen MR) is 81.9 cm³/mol. The number of nitrogens with two attached hydrogens (primary N) is 1. The predicted octanol–water partition coefficient (Wildman–Crippen LogP) is -1.33. The lowest BCUT2D eigenvalue weighted by molar-refractivity contribution is -0.145. The summed E-state index contributed by atoms with van der Waals surface area (Å²) in [6, 6.07) is 8.01. The van der Waals surface area contributed by atoms with E-state index in [2.05, 4.69) is 10.6 Å². The van der Waals surface area contributed by atoms with Gasteiger partial charge in [0.25, 0.3) is 0 Å². The third-order valence-electron chi connectivity index (χ3n) is 2.92. The number of amides is 2. The van der Waals surface area contributed by atoms with E-state index in [4.69, 9.17) is 15.6 Å². The molecule has 0 fully saturated rings. The Hall–Kier alpha value is -2.45. The number of aliphatic hydroxyl groups excluding tert-OH is 1. The van der Waals surface area contributed by atoms with Crippen LogP contribution in [0.5, 0.6) is 0 Å². The SMILES string of the molecule is C[C@@H](O)[C@H](N)C(=O)NCC(=O)NCC(=O)OCc1ccccc1. The molecule has 0 heterocycles. The van der Waals surface area contributed by atoms with Crippen molar-refractivity contribution in [3.8, 4) is 0 Å². The van der Waals surface area contributed by atoms with Crippen molar-refractivity contribution >= 4 is 17.8 Å². The average Bonchev–Trinajstić information content (AvgIpc) is 2.55. The highest BCUT2D eigenvalue weighted by molar-refractivity contribution is 5.88. The maximum absolute atomic E-state index is 11.5.